The Labute approximate surface area is 141 Å². The van der Waals surface area contributed by atoms with Crippen molar-refractivity contribution < 1.29 is 19.6 Å². The van der Waals surface area contributed by atoms with Gasteiger partial charge in [0.05, 0.1) is 6.54 Å². The number of likely N-dealkylation sites (N-methyl/N-ethyl adjacent to an activating group) is 1. The second-order valence-corrected chi connectivity index (χ2v) is 7.20. The molecule has 1 aliphatic rings. The van der Waals surface area contributed by atoms with Crippen molar-refractivity contribution >= 4 is 0 Å². The second kappa shape index (κ2) is 8.67. The Morgan fingerprint density at radius 3 is 2.35 bits per heavy atom. The van der Waals surface area contributed by atoms with Crippen molar-refractivity contribution in [3.8, 4) is 5.75 Å². The summed E-state index contributed by atoms with van der Waals surface area (Å²) in [5, 5.41) is 10.2. The molecule has 23 heavy (non-hydrogen) atoms. The number of hydrogen-bond donors (Lipinski definition) is 3. The first-order chi connectivity index (χ1) is 11.0. The Hall–Kier alpha value is -1.10. The van der Waals surface area contributed by atoms with Crippen molar-refractivity contribution in [3.05, 3.63) is 29.3 Å². The zero-order valence-corrected chi connectivity index (χ0v) is 15.2. The van der Waals surface area contributed by atoms with Gasteiger partial charge in [-0.25, -0.2) is 0 Å². The highest BCUT2D eigenvalue weighted by Gasteiger charge is 2.24. The maximum absolute atomic E-state index is 10.2. The predicted octanol–water partition coefficient (Wildman–Crippen LogP) is -0.339. The third-order valence-electron chi connectivity index (χ3n) is 4.99. The number of aryl methyl sites for hydroxylation is 1. The van der Waals surface area contributed by atoms with E-state index >= 15 is 0 Å². The molecule has 0 aliphatic carbocycles. The molecule has 4 nitrogen and oxygen atoms in total. The smallest absolute Gasteiger partial charge is 0.137 e. The van der Waals surface area contributed by atoms with Gasteiger partial charge in [0, 0.05) is 0 Å². The first-order valence-electron chi connectivity index (χ1n) is 9.08. The van der Waals surface area contributed by atoms with Gasteiger partial charge >= 0.3 is 0 Å². The summed E-state index contributed by atoms with van der Waals surface area (Å²) in [4.78, 5) is 3.19. The second-order valence-electron chi connectivity index (χ2n) is 7.20. The molecular weight excluding hydrogens is 288 g/mol. The molecule has 1 heterocycles. The van der Waals surface area contributed by atoms with Gasteiger partial charge in [0.15, 0.2) is 0 Å². The minimum absolute atomic E-state index is 0.383. The molecule has 0 radical (unpaired) electrons. The predicted molar refractivity (Wildman–Crippen MR) is 93.6 cm³/mol. The molecule has 130 valence electrons. The van der Waals surface area contributed by atoms with Crippen LogP contribution in [0, 0.1) is 6.92 Å². The summed E-state index contributed by atoms with van der Waals surface area (Å²) in [6.07, 6.45) is -0.391. The zero-order valence-electron chi connectivity index (χ0n) is 15.2. The Morgan fingerprint density at radius 1 is 1.13 bits per heavy atom. The number of ether oxygens (including phenoxy) is 1. The van der Waals surface area contributed by atoms with Gasteiger partial charge in [0.1, 0.15) is 51.2 Å². The molecule has 4 heteroatoms. The normalized spacial score (nSPS) is 23.0. The lowest BCUT2D eigenvalue weighted by Gasteiger charge is -2.30. The molecule has 3 N–H and O–H groups in total. The van der Waals surface area contributed by atoms with Crippen LogP contribution in [-0.4, -0.2) is 57.1 Å². The summed E-state index contributed by atoms with van der Waals surface area (Å²) in [6, 6.07) is 6.24. The topological polar surface area (TPSA) is 38.3 Å². The van der Waals surface area contributed by atoms with Gasteiger partial charge < -0.3 is 19.6 Å². The molecule has 0 spiro atoms. The highest BCUT2D eigenvalue weighted by atomic mass is 16.5. The van der Waals surface area contributed by atoms with Crippen LogP contribution in [0.15, 0.2) is 18.2 Å². The van der Waals surface area contributed by atoms with E-state index in [1.54, 1.807) is 4.90 Å². The monoisotopic (exact) mass is 322 g/mol. The lowest BCUT2D eigenvalue weighted by Crippen LogP contribution is -3.28. The highest BCUT2D eigenvalue weighted by molar-refractivity contribution is 5.36. The van der Waals surface area contributed by atoms with Crippen molar-refractivity contribution in [3.63, 3.8) is 0 Å². The van der Waals surface area contributed by atoms with Crippen LogP contribution in [-0.2, 0) is 0 Å². The number of aliphatic hydroxyl groups is 1. The Balaban J connectivity index is 1.76. The number of nitrogens with one attached hydrogen (secondary N) is 2. The van der Waals surface area contributed by atoms with Crippen LogP contribution < -0.4 is 14.5 Å². The number of rotatable bonds is 7. The van der Waals surface area contributed by atoms with Crippen LogP contribution >= 0.6 is 0 Å². The molecule has 0 aromatic heterocycles. The summed E-state index contributed by atoms with van der Waals surface area (Å²) >= 11 is 0. The molecule has 1 saturated heterocycles. The third-order valence-corrected chi connectivity index (χ3v) is 4.99. The lowest BCUT2D eigenvalue weighted by atomic mass is 9.98. The van der Waals surface area contributed by atoms with Crippen molar-refractivity contribution in [1.82, 2.24) is 0 Å². The number of benzene rings is 1. The van der Waals surface area contributed by atoms with Crippen molar-refractivity contribution in [2.45, 2.75) is 39.7 Å². The first kappa shape index (κ1) is 18.2. The molecule has 0 bridgehead atoms. The van der Waals surface area contributed by atoms with E-state index in [1.165, 1.54) is 35.7 Å². The molecular formula is C19H34N2O2+2. The maximum Gasteiger partial charge on any atom is 0.137 e. The van der Waals surface area contributed by atoms with Crippen molar-refractivity contribution in [2.24, 2.45) is 0 Å². The quantitative estimate of drug-likeness (QED) is 0.643. The zero-order chi connectivity index (χ0) is 16.8. The summed E-state index contributed by atoms with van der Waals surface area (Å²) < 4.78 is 5.80. The highest BCUT2D eigenvalue weighted by Crippen LogP contribution is 2.23. The molecule has 0 unspecified atom stereocenters. The molecule has 0 amide bonds. The number of quaternary nitrogens is 2. The van der Waals surface area contributed by atoms with Crippen LogP contribution in [0.5, 0.6) is 5.75 Å². The molecule has 1 atom stereocenters. The average Bonchev–Trinajstić information content (AvgIpc) is 2.53. The standard InChI is InChI=1S/C19H32N2O2/c1-5-20-8-10-21(11-9-20)13-17(22)14-23-18-6-7-19(15(2)3)16(4)12-18/h6-7,12,15,17,22H,5,8-11,13-14H2,1-4H3/p+2/t17-/m0/s1. The van der Waals surface area contributed by atoms with Gasteiger partial charge in [0.2, 0.25) is 0 Å². The van der Waals surface area contributed by atoms with Crippen LogP contribution in [0.1, 0.15) is 37.8 Å². The molecule has 1 aromatic rings. The van der Waals surface area contributed by atoms with Crippen LogP contribution in [0.3, 0.4) is 0 Å². The van der Waals surface area contributed by atoms with Crippen LogP contribution in [0.4, 0.5) is 0 Å². The molecule has 0 saturated carbocycles. The van der Waals surface area contributed by atoms with Crippen molar-refractivity contribution in [1.29, 1.82) is 0 Å². The van der Waals surface area contributed by atoms with Gasteiger partial charge in [-0.2, -0.15) is 0 Å². The molecule has 1 fully saturated rings. The van der Waals surface area contributed by atoms with Gasteiger partial charge in [-0.05, 0) is 43.0 Å². The molecule has 1 aromatic carbocycles. The van der Waals surface area contributed by atoms with Crippen LogP contribution in [0.2, 0.25) is 0 Å². The van der Waals surface area contributed by atoms with Crippen molar-refractivity contribution in [2.75, 3.05) is 45.9 Å². The van der Waals surface area contributed by atoms with Gasteiger partial charge in [-0.3, -0.25) is 0 Å². The maximum atomic E-state index is 10.2. The Morgan fingerprint density at radius 2 is 1.78 bits per heavy atom. The first-order valence-corrected chi connectivity index (χ1v) is 9.08. The van der Waals surface area contributed by atoms with E-state index in [2.05, 4.69) is 39.8 Å². The summed E-state index contributed by atoms with van der Waals surface area (Å²) in [5.74, 6) is 1.39. The van der Waals surface area contributed by atoms with E-state index in [9.17, 15) is 5.11 Å². The minimum Gasteiger partial charge on any atom is -0.491 e. The van der Waals surface area contributed by atoms with E-state index in [0.717, 1.165) is 25.4 Å². The van der Waals surface area contributed by atoms with E-state index in [0.29, 0.717) is 12.5 Å². The number of aliphatic hydroxyl groups excluding tert-OH is 1. The SMILES string of the molecule is CC[NH+]1CC[NH+](C[C@H](O)COc2ccc(C(C)C)c(C)c2)CC1. The lowest BCUT2D eigenvalue weighted by molar-refractivity contribution is -1.01. The van der Waals surface area contributed by atoms with E-state index in [-0.39, 0.29) is 0 Å². The van der Waals surface area contributed by atoms with E-state index in [4.69, 9.17) is 4.74 Å². The summed E-state index contributed by atoms with van der Waals surface area (Å²) in [7, 11) is 0. The number of hydrogen-bond acceptors (Lipinski definition) is 2. The largest absolute Gasteiger partial charge is 0.491 e. The molecule has 2 rings (SSSR count). The van der Waals surface area contributed by atoms with E-state index in [1.807, 2.05) is 6.07 Å². The summed E-state index contributed by atoms with van der Waals surface area (Å²) in [6.45, 7) is 15.9. The Bertz CT molecular complexity index is 482. The fraction of sp³-hybridized carbons (Fsp3) is 0.684. The summed E-state index contributed by atoms with van der Waals surface area (Å²) in [5.41, 5.74) is 2.62. The fourth-order valence-corrected chi connectivity index (χ4v) is 3.49. The third kappa shape index (κ3) is 5.48. The fourth-order valence-electron chi connectivity index (χ4n) is 3.49. The minimum atomic E-state index is -0.391. The van der Waals surface area contributed by atoms with E-state index < -0.39 is 6.10 Å². The van der Waals surface area contributed by atoms with Gasteiger partial charge in [0.25, 0.3) is 0 Å². The van der Waals surface area contributed by atoms with Crippen LogP contribution in [0.25, 0.3) is 0 Å². The van der Waals surface area contributed by atoms with Gasteiger partial charge in [-0.15, -0.1) is 0 Å². The Kier molecular flexibility index (Phi) is 6.88. The number of piperazine rings is 1. The van der Waals surface area contributed by atoms with Gasteiger partial charge in [-0.1, -0.05) is 19.9 Å². The average molecular weight is 322 g/mol. The molecule has 1 aliphatic heterocycles.